The summed E-state index contributed by atoms with van der Waals surface area (Å²) in [5.74, 6) is 2.06. The number of hydrogen-bond acceptors (Lipinski definition) is 5. The van der Waals surface area contributed by atoms with E-state index in [4.69, 9.17) is 14.2 Å². The van der Waals surface area contributed by atoms with Gasteiger partial charge in [0.2, 0.25) is 0 Å². The third kappa shape index (κ3) is 4.91. The average molecular weight is 466 g/mol. The van der Waals surface area contributed by atoms with Crippen LogP contribution in [0.25, 0.3) is 0 Å². The van der Waals surface area contributed by atoms with Gasteiger partial charge in [-0.25, -0.2) is 0 Å². The van der Waals surface area contributed by atoms with Crippen LogP contribution in [0.1, 0.15) is 77.8 Å². The highest BCUT2D eigenvalue weighted by atomic mass is 16.5. The molecule has 34 heavy (non-hydrogen) atoms. The third-order valence-electron chi connectivity index (χ3n) is 6.74. The average Bonchev–Trinajstić information content (AvgIpc) is 2.79. The van der Waals surface area contributed by atoms with Gasteiger partial charge in [-0.3, -0.25) is 9.59 Å². The second kappa shape index (κ2) is 10.1. The number of hydrogen-bond donors (Lipinski definition) is 0. The van der Waals surface area contributed by atoms with Crippen molar-refractivity contribution in [2.24, 2.45) is 0 Å². The monoisotopic (exact) mass is 465 g/mol. The molecule has 0 saturated carbocycles. The standard InChI is InChI=1S/C28H35NO5/c1-5-7-14-33-23-9-8-21(17-24(23)32-6-2)27(31)29-12-10-28(11-13-29)18-22(30)26-20(4)15-19(3)16-25(26)34-28/h8-9,15-17H,5-7,10-14,18H2,1-4H3. The molecule has 0 unspecified atom stereocenters. The number of ketones is 1. The lowest BCUT2D eigenvalue weighted by Gasteiger charge is -2.44. The largest absolute Gasteiger partial charge is 0.490 e. The number of piperidine rings is 1. The maximum absolute atomic E-state index is 13.3. The van der Waals surface area contributed by atoms with E-state index in [0.717, 1.165) is 24.0 Å². The van der Waals surface area contributed by atoms with Gasteiger partial charge in [0, 0.05) is 31.5 Å². The van der Waals surface area contributed by atoms with Crippen LogP contribution in [-0.2, 0) is 0 Å². The predicted octanol–water partition coefficient (Wildman–Crippen LogP) is 5.52. The van der Waals surface area contributed by atoms with Crippen LogP contribution in [0.4, 0.5) is 0 Å². The Kier molecular flexibility index (Phi) is 7.15. The van der Waals surface area contributed by atoms with Crippen molar-refractivity contribution >= 4 is 11.7 Å². The molecule has 1 amide bonds. The fourth-order valence-electron chi connectivity index (χ4n) is 4.95. The number of rotatable bonds is 7. The molecule has 1 fully saturated rings. The summed E-state index contributed by atoms with van der Waals surface area (Å²) in [6, 6.07) is 9.39. The minimum Gasteiger partial charge on any atom is -0.490 e. The lowest BCUT2D eigenvalue weighted by molar-refractivity contribution is -0.00582. The topological polar surface area (TPSA) is 65.1 Å². The number of benzene rings is 2. The van der Waals surface area contributed by atoms with Crippen LogP contribution in [0.5, 0.6) is 17.2 Å². The summed E-state index contributed by atoms with van der Waals surface area (Å²) in [7, 11) is 0. The van der Waals surface area contributed by atoms with Crippen molar-refractivity contribution in [1.29, 1.82) is 0 Å². The van der Waals surface area contributed by atoms with Gasteiger partial charge in [-0.2, -0.15) is 0 Å². The Balaban J connectivity index is 1.45. The third-order valence-corrected chi connectivity index (χ3v) is 6.74. The lowest BCUT2D eigenvalue weighted by atomic mass is 9.81. The lowest BCUT2D eigenvalue weighted by Crippen LogP contribution is -2.52. The molecule has 2 aliphatic rings. The van der Waals surface area contributed by atoms with E-state index in [1.807, 2.05) is 43.9 Å². The van der Waals surface area contributed by atoms with Crippen LogP contribution >= 0.6 is 0 Å². The van der Waals surface area contributed by atoms with Gasteiger partial charge in [-0.05, 0) is 62.6 Å². The number of unbranched alkanes of at least 4 members (excludes halogenated alkanes) is 1. The van der Waals surface area contributed by atoms with Gasteiger partial charge in [0.25, 0.3) is 5.91 Å². The zero-order chi connectivity index (χ0) is 24.3. The Hall–Kier alpha value is -3.02. The molecule has 2 aliphatic heterocycles. The number of ether oxygens (including phenoxy) is 3. The van der Waals surface area contributed by atoms with Crippen LogP contribution in [0.2, 0.25) is 0 Å². The van der Waals surface area contributed by atoms with Crippen LogP contribution in [-0.4, -0.2) is 48.5 Å². The summed E-state index contributed by atoms with van der Waals surface area (Å²) in [5, 5.41) is 0. The predicted molar refractivity (Wildman–Crippen MR) is 131 cm³/mol. The van der Waals surface area contributed by atoms with E-state index in [0.29, 0.717) is 73.9 Å². The number of fused-ring (bicyclic) bond motifs is 1. The van der Waals surface area contributed by atoms with Crippen molar-refractivity contribution in [3.63, 3.8) is 0 Å². The Bertz CT molecular complexity index is 1070. The fourth-order valence-corrected chi connectivity index (χ4v) is 4.95. The first-order valence-corrected chi connectivity index (χ1v) is 12.4. The fraction of sp³-hybridized carbons (Fsp3) is 0.500. The number of Topliss-reactive ketones (excluding diaryl/α,β-unsaturated/α-hetero) is 1. The van der Waals surface area contributed by atoms with E-state index in [1.165, 1.54) is 0 Å². The minimum atomic E-state index is -0.533. The van der Waals surface area contributed by atoms with Gasteiger partial charge >= 0.3 is 0 Å². The molecule has 1 spiro atoms. The smallest absolute Gasteiger partial charge is 0.253 e. The Morgan fingerprint density at radius 2 is 1.82 bits per heavy atom. The minimum absolute atomic E-state index is 0.0369. The zero-order valence-electron chi connectivity index (χ0n) is 20.7. The van der Waals surface area contributed by atoms with Gasteiger partial charge in [0.15, 0.2) is 17.3 Å². The molecule has 182 valence electrons. The first-order chi connectivity index (χ1) is 16.4. The van der Waals surface area contributed by atoms with Crippen molar-refractivity contribution in [2.75, 3.05) is 26.3 Å². The Morgan fingerprint density at radius 1 is 1.06 bits per heavy atom. The van der Waals surface area contributed by atoms with Gasteiger partial charge in [-0.1, -0.05) is 19.4 Å². The van der Waals surface area contributed by atoms with E-state index in [1.54, 1.807) is 12.1 Å². The Labute approximate surface area is 202 Å². The highest BCUT2D eigenvalue weighted by molar-refractivity contribution is 6.02. The van der Waals surface area contributed by atoms with Crippen LogP contribution in [0.3, 0.4) is 0 Å². The van der Waals surface area contributed by atoms with Gasteiger partial charge in [0.05, 0.1) is 25.2 Å². The molecule has 1 saturated heterocycles. The second-order valence-electron chi connectivity index (χ2n) is 9.43. The summed E-state index contributed by atoms with van der Waals surface area (Å²) in [5.41, 5.74) is 2.81. The maximum Gasteiger partial charge on any atom is 0.253 e. The van der Waals surface area contributed by atoms with Crippen LogP contribution < -0.4 is 14.2 Å². The van der Waals surface area contributed by atoms with E-state index in [2.05, 4.69) is 6.92 Å². The van der Waals surface area contributed by atoms with Crippen molar-refractivity contribution in [2.45, 2.75) is 65.4 Å². The molecular weight excluding hydrogens is 430 g/mol. The summed E-state index contributed by atoms with van der Waals surface area (Å²) >= 11 is 0. The van der Waals surface area contributed by atoms with Gasteiger partial charge in [-0.15, -0.1) is 0 Å². The normalized spacial score (nSPS) is 16.7. The molecule has 0 N–H and O–H groups in total. The van der Waals surface area contributed by atoms with E-state index < -0.39 is 5.60 Å². The molecule has 0 atom stereocenters. The summed E-state index contributed by atoms with van der Waals surface area (Å²) in [6.45, 7) is 10.2. The number of carbonyl (C=O) groups excluding carboxylic acids is 2. The molecule has 4 rings (SSSR count). The van der Waals surface area contributed by atoms with Crippen molar-refractivity contribution in [3.8, 4) is 17.2 Å². The molecular formula is C28H35NO5. The van der Waals surface area contributed by atoms with E-state index in [9.17, 15) is 9.59 Å². The van der Waals surface area contributed by atoms with Crippen LogP contribution in [0, 0.1) is 13.8 Å². The van der Waals surface area contributed by atoms with Crippen LogP contribution in [0.15, 0.2) is 30.3 Å². The molecule has 2 aromatic rings. The van der Waals surface area contributed by atoms with Gasteiger partial charge in [0.1, 0.15) is 11.4 Å². The highest BCUT2D eigenvalue weighted by Gasteiger charge is 2.44. The molecule has 0 aromatic heterocycles. The Morgan fingerprint density at radius 3 is 2.53 bits per heavy atom. The first-order valence-electron chi connectivity index (χ1n) is 12.4. The highest BCUT2D eigenvalue weighted by Crippen LogP contribution is 2.41. The molecule has 6 nitrogen and oxygen atoms in total. The molecule has 0 radical (unpaired) electrons. The zero-order valence-corrected chi connectivity index (χ0v) is 20.7. The van der Waals surface area contributed by atoms with Crippen molar-refractivity contribution in [1.82, 2.24) is 4.90 Å². The number of amides is 1. The van der Waals surface area contributed by atoms with Crippen molar-refractivity contribution < 1.29 is 23.8 Å². The van der Waals surface area contributed by atoms with E-state index in [-0.39, 0.29) is 11.7 Å². The quantitative estimate of drug-likeness (QED) is 0.504. The molecule has 0 aliphatic carbocycles. The molecule has 0 bridgehead atoms. The number of nitrogens with zero attached hydrogens (tertiary/aromatic N) is 1. The molecule has 6 heteroatoms. The van der Waals surface area contributed by atoms with E-state index >= 15 is 0 Å². The SMILES string of the molecule is CCCCOc1ccc(C(=O)N2CCC3(CC2)CC(=O)c2c(C)cc(C)cc2O3)cc1OCC. The first kappa shape index (κ1) is 24.1. The number of aryl methyl sites for hydroxylation is 2. The number of likely N-dealkylation sites (tertiary alicyclic amines) is 1. The summed E-state index contributed by atoms with van der Waals surface area (Å²) in [4.78, 5) is 28.1. The number of carbonyl (C=O) groups is 2. The van der Waals surface area contributed by atoms with Gasteiger partial charge < -0.3 is 19.1 Å². The second-order valence-corrected chi connectivity index (χ2v) is 9.43. The maximum atomic E-state index is 13.3. The molecule has 2 heterocycles. The van der Waals surface area contributed by atoms with Crippen molar-refractivity contribution in [3.05, 3.63) is 52.6 Å². The summed E-state index contributed by atoms with van der Waals surface area (Å²) < 4.78 is 18.0. The summed E-state index contributed by atoms with van der Waals surface area (Å²) in [6.07, 6.45) is 3.65. The molecule has 2 aromatic carbocycles.